The van der Waals surface area contributed by atoms with Gasteiger partial charge in [-0.15, -0.1) is 0 Å². The van der Waals surface area contributed by atoms with Gasteiger partial charge in [0.25, 0.3) is 11.8 Å². The molecule has 29 heavy (non-hydrogen) atoms. The predicted molar refractivity (Wildman–Crippen MR) is 115 cm³/mol. The number of benzene rings is 2. The highest BCUT2D eigenvalue weighted by Gasteiger charge is 2.15. The van der Waals surface area contributed by atoms with Gasteiger partial charge in [0.15, 0.2) is 0 Å². The largest absolute Gasteiger partial charge is 0.497 e. The SMILES string of the molecule is CCOCCCNC(=O)c1cc(NC(=O)c2ccc(OC)cc2)ccc1N(C)C. The number of ether oxygens (including phenoxy) is 2. The van der Waals surface area contributed by atoms with Crippen molar-refractivity contribution in [3.63, 3.8) is 0 Å². The molecule has 156 valence electrons. The summed E-state index contributed by atoms with van der Waals surface area (Å²) in [7, 11) is 5.32. The average Bonchev–Trinajstić information content (AvgIpc) is 2.73. The van der Waals surface area contributed by atoms with Crippen LogP contribution in [-0.4, -0.2) is 52.8 Å². The molecule has 0 radical (unpaired) electrons. The van der Waals surface area contributed by atoms with Gasteiger partial charge in [0.05, 0.1) is 12.7 Å². The van der Waals surface area contributed by atoms with E-state index in [9.17, 15) is 9.59 Å². The third-order valence-corrected chi connectivity index (χ3v) is 4.29. The van der Waals surface area contributed by atoms with Gasteiger partial charge < -0.3 is 25.0 Å². The Hall–Kier alpha value is -3.06. The smallest absolute Gasteiger partial charge is 0.255 e. The molecule has 2 N–H and O–H groups in total. The van der Waals surface area contributed by atoms with Gasteiger partial charge in [-0.3, -0.25) is 9.59 Å². The van der Waals surface area contributed by atoms with Crippen LogP contribution < -0.4 is 20.3 Å². The van der Waals surface area contributed by atoms with Crippen LogP contribution in [0, 0.1) is 0 Å². The van der Waals surface area contributed by atoms with Crippen molar-refractivity contribution in [1.29, 1.82) is 0 Å². The van der Waals surface area contributed by atoms with Crippen LogP contribution >= 0.6 is 0 Å². The van der Waals surface area contributed by atoms with Crippen LogP contribution in [0.15, 0.2) is 42.5 Å². The van der Waals surface area contributed by atoms with E-state index in [0.717, 1.165) is 12.1 Å². The number of methoxy groups -OCH3 is 1. The molecule has 0 aliphatic heterocycles. The second kappa shape index (κ2) is 11.1. The molecule has 7 heteroatoms. The molecule has 0 atom stereocenters. The van der Waals surface area contributed by atoms with Crippen LogP contribution in [0.1, 0.15) is 34.1 Å². The van der Waals surface area contributed by atoms with Gasteiger partial charge in [0.2, 0.25) is 0 Å². The molecule has 0 spiro atoms. The van der Waals surface area contributed by atoms with Crippen LogP contribution in [0.5, 0.6) is 5.75 Å². The Morgan fingerprint density at radius 1 is 1.03 bits per heavy atom. The fourth-order valence-electron chi connectivity index (χ4n) is 2.75. The highest BCUT2D eigenvalue weighted by Crippen LogP contribution is 2.23. The third kappa shape index (κ3) is 6.50. The van der Waals surface area contributed by atoms with Gasteiger partial charge in [0, 0.05) is 50.8 Å². The molecule has 0 saturated heterocycles. The van der Waals surface area contributed by atoms with Crippen LogP contribution in [0.25, 0.3) is 0 Å². The number of carbonyl (C=O) groups is 2. The Morgan fingerprint density at radius 2 is 1.76 bits per heavy atom. The van der Waals surface area contributed by atoms with Gasteiger partial charge in [-0.2, -0.15) is 0 Å². The molecule has 0 aliphatic rings. The first kappa shape index (κ1) is 22.2. The number of nitrogens with one attached hydrogen (secondary N) is 2. The summed E-state index contributed by atoms with van der Waals surface area (Å²) < 4.78 is 10.4. The molecular formula is C22H29N3O4. The standard InChI is InChI=1S/C22H29N3O4/c1-5-29-14-6-13-23-22(27)19-15-17(9-12-20(19)25(2)3)24-21(26)16-7-10-18(28-4)11-8-16/h7-12,15H,5-6,13-14H2,1-4H3,(H,23,27)(H,24,26). The number of anilines is 2. The van der Waals surface area contributed by atoms with E-state index in [1.165, 1.54) is 0 Å². The third-order valence-electron chi connectivity index (χ3n) is 4.29. The molecule has 2 rings (SSSR count). The van der Waals surface area contributed by atoms with E-state index in [1.54, 1.807) is 43.5 Å². The molecule has 0 aliphatic carbocycles. The highest BCUT2D eigenvalue weighted by molar-refractivity contribution is 6.06. The Balaban J connectivity index is 2.11. The molecule has 0 heterocycles. The topological polar surface area (TPSA) is 79.9 Å². The van der Waals surface area contributed by atoms with Crippen molar-refractivity contribution in [2.75, 3.05) is 51.2 Å². The summed E-state index contributed by atoms with van der Waals surface area (Å²) >= 11 is 0. The molecule has 0 bridgehead atoms. The zero-order chi connectivity index (χ0) is 21.2. The van der Waals surface area contributed by atoms with Crippen LogP contribution in [-0.2, 0) is 4.74 Å². The van der Waals surface area contributed by atoms with Crippen molar-refractivity contribution in [3.05, 3.63) is 53.6 Å². The fraction of sp³-hybridized carbons (Fsp3) is 0.364. The maximum Gasteiger partial charge on any atom is 0.255 e. The zero-order valence-corrected chi connectivity index (χ0v) is 17.5. The van der Waals surface area contributed by atoms with Crippen LogP contribution in [0.2, 0.25) is 0 Å². The van der Waals surface area contributed by atoms with Gasteiger partial charge in [-0.05, 0) is 55.8 Å². The molecule has 0 aromatic heterocycles. The summed E-state index contributed by atoms with van der Waals surface area (Å²) in [6, 6.07) is 12.1. The monoisotopic (exact) mass is 399 g/mol. The van der Waals surface area contributed by atoms with E-state index in [4.69, 9.17) is 9.47 Å². The first-order chi connectivity index (χ1) is 14.0. The van der Waals surface area contributed by atoms with Gasteiger partial charge >= 0.3 is 0 Å². The molecule has 2 aromatic rings. The minimum atomic E-state index is -0.256. The lowest BCUT2D eigenvalue weighted by molar-refractivity contribution is 0.0943. The van der Waals surface area contributed by atoms with Crippen LogP contribution in [0.4, 0.5) is 11.4 Å². The minimum Gasteiger partial charge on any atom is -0.497 e. The molecule has 0 fully saturated rings. The van der Waals surface area contributed by atoms with Crippen molar-refractivity contribution in [2.24, 2.45) is 0 Å². The zero-order valence-electron chi connectivity index (χ0n) is 17.5. The lowest BCUT2D eigenvalue weighted by atomic mass is 10.1. The van der Waals surface area contributed by atoms with Crippen molar-refractivity contribution in [3.8, 4) is 5.75 Å². The maximum atomic E-state index is 12.7. The van der Waals surface area contributed by atoms with Gasteiger partial charge in [-0.1, -0.05) is 0 Å². The normalized spacial score (nSPS) is 10.3. The number of hydrogen-bond acceptors (Lipinski definition) is 5. The average molecular weight is 399 g/mol. The molecule has 0 unspecified atom stereocenters. The number of hydrogen-bond donors (Lipinski definition) is 2. The maximum absolute atomic E-state index is 12.7. The molecule has 0 saturated carbocycles. The number of amides is 2. The summed E-state index contributed by atoms with van der Waals surface area (Å²) in [5, 5.41) is 5.75. The predicted octanol–water partition coefficient (Wildman–Crippen LogP) is 3.17. The Morgan fingerprint density at radius 3 is 2.38 bits per heavy atom. The summed E-state index contributed by atoms with van der Waals surface area (Å²) in [4.78, 5) is 27.1. The second-order valence-corrected chi connectivity index (χ2v) is 6.62. The van der Waals surface area contributed by atoms with Crippen LogP contribution in [0.3, 0.4) is 0 Å². The first-order valence-electron chi connectivity index (χ1n) is 9.59. The molecule has 7 nitrogen and oxygen atoms in total. The molecular weight excluding hydrogens is 370 g/mol. The second-order valence-electron chi connectivity index (χ2n) is 6.62. The van der Waals surface area contributed by atoms with E-state index in [2.05, 4.69) is 10.6 Å². The fourth-order valence-corrected chi connectivity index (χ4v) is 2.75. The van der Waals surface area contributed by atoms with E-state index in [0.29, 0.717) is 42.3 Å². The summed E-state index contributed by atoms with van der Waals surface area (Å²) in [5.41, 5.74) is 2.33. The number of nitrogens with zero attached hydrogens (tertiary/aromatic N) is 1. The lowest BCUT2D eigenvalue weighted by Crippen LogP contribution is -2.27. The highest BCUT2D eigenvalue weighted by atomic mass is 16.5. The van der Waals surface area contributed by atoms with Crippen molar-refractivity contribution in [2.45, 2.75) is 13.3 Å². The molecule has 2 amide bonds. The Labute approximate surface area is 172 Å². The van der Waals surface area contributed by atoms with Gasteiger partial charge in [0.1, 0.15) is 5.75 Å². The lowest BCUT2D eigenvalue weighted by Gasteiger charge is -2.18. The Kier molecular flexibility index (Phi) is 8.48. The minimum absolute atomic E-state index is 0.189. The van der Waals surface area contributed by atoms with Crippen molar-refractivity contribution < 1.29 is 19.1 Å². The summed E-state index contributed by atoms with van der Waals surface area (Å²) in [5.74, 6) is 0.235. The number of carbonyl (C=O) groups excluding carboxylic acids is 2. The number of rotatable bonds is 10. The quantitative estimate of drug-likeness (QED) is 0.600. The summed E-state index contributed by atoms with van der Waals surface area (Å²) in [6.45, 7) is 3.73. The summed E-state index contributed by atoms with van der Waals surface area (Å²) in [6.07, 6.45) is 0.741. The molecule has 2 aromatic carbocycles. The van der Waals surface area contributed by atoms with E-state index >= 15 is 0 Å². The van der Waals surface area contributed by atoms with E-state index in [-0.39, 0.29) is 11.8 Å². The Bertz CT molecular complexity index is 819. The van der Waals surface area contributed by atoms with Crippen molar-refractivity contribution in [1.82, 2.24) is 5.32 Å². The first-order valence-corrected chi connectivity index (χ1v) is 9.59. The van der Waals surface area contributed by atoms with E-state index in [1.807, 2.05) is 32.0 Å². The van der Waals surface area contributed by atoms with Gasteiger partial charge in [-0.25, -0.2) is 0 Å². The van der Waals surface area contributed by atoms with E-state index < -0.39 is 0 Å². The van der Waals surface area contributed by atoms with Crippen molar-refractivity contribution >= 4 is 23.2 Å².